The molecule has 0 radical (unpaired) electrons. The summed E-state index contributed by atoms with van der Waals surface area (Å²) in [5, 5.41) is 7.83. The molecule has 13 nitrogen and oxygen atoms in total. The van der Waals surface area contributed by atoms with Gasteiger partial charge >= 0.3 is 0 Å². The number of hydrogen-bond acceptors (Lipinski definition) is 10. The molecule has 0 atom stereocenters. The summed E-state index contributed by atoms with van der Waals surface area (Å²) in [7, 11) is 0. The van der Waals surface area contributed by atoms with Crippen LogP contribution in [-0.2, 0) is 9.59 Å². The van der Waals surface area contributed by atoms with Crippen molar-refractivity contribution in [1.29, 1.82) is 0 Å². The fourth-order valence-corrected chi connectivity index (χ4v) is 8.01. The molecule has 384 valence electrons. The molecule has 0 spiro atoms. The predicted octanol–water partition coefficient (Wildman–Crippen LogP) is 12.9. The van der Waals surface area contributed by atoms with Crippen LogP contribution in [0.4, 0.5) is 30.2 Å². The minimum atomic E-state index is -0.521. The highest BCUT2D eigenvalue weighted by Crippen LogP contribution is 2.36. The van der Waals surface area contributed by atoms with Gasteiger partial charge in [0.1, 0.15) is 23.1 Å². The molecule has 7 aromatic rings. The topological polar surface area (TPSA) is 156 Å². The first kappa shape index (κ1) is 50.2. The Balaban J connectivity index is 0.000000130. The number of nitrogens with one attached hydrogen (secondary N) is 3. The van der Waals surface area contributed by atoms with Crippen LogP contribution in [0.3, 0.4) is 0 Å². The number of nitrogens with zero attached hydrogens (tertiary/aromatic N) is 1. The number of anilines is 3. The zero-order valence-corrected chi connectivity index (χ0v) is 40.7. The normalized spacial score (nSPS) is 14.6. The van der Waals surface area contributed by atoms with Crippen molar-refractivity contribution >= 4 is 71.2 Å². The average Bonchev–Trinajstić information content (AvgIpc) is 3.71. The lowest BCUT2D eigenvalue weighted by molar-refractivity contribution is -0.122. The number of rotatable bonds is 12. The summed E-state index contributed by atoms with van der Waals surface area (Å²) < 4.78 is 74.5. The van der Waals surface area contributed by atoms with Gasteiger partial charge in [-0.3, -0.25) is 19.4 Å². The van der Waals surface area contributed by atoms with Crippen molar-refractivity contribution in [2.24, 2.45) is 11.8 Å². The fourth-order valence-electron chi connectivity index (χ4n) is 8.01. The van der Waals surface area contributed by atoms with Crippen LogP contribution in [0, 0.1) is 29.3 Å². The van der Waals surface area contributed by atoms with E-state index in [2.05, 4.69) is 20.9 Å². The maximum Gasteiger partial charge on any atom is 0.274 e. The highest BCUT2D eigenvalue weighted by atomic mass is 19.1. The van der Waals surface area contributed by atoms with Gasteiger partial charge < -0.3 is 44.4 Å². The van der Waals surface area contributed by atoms with Crippen molar-refractivity contribution in [3.8, 4) is 34.5 Å². The van der Waals surface area contributed by atoms with Gasteiger partial charge in [-0.15, -0.1) is 0 Å². The van der Waals surface area contributed by atoms with E-state index in [0.29, 0.717) is 28.6 Å². The molecule has 3 N–H and O–H groups in total. The molecule has 16 heteroatoms. The first-order chi connectivity index (χ1) is 37.1. The largest absolute Gasteiger partial charge is 0.454 e. The number of hydrogen-bond donors (Lipinski definition) is 3. The molecule has 3 amide bonds. The van der Waals surface area contributed by atoms with E-state index < -0.39 is 23.4 Å². The van der Waals surface area contributed by atoms with E-state index in [0.717, 1.165) is 71.4 Å². The number of carbonyl (C=O) groups is 3. The van der Waals surface area contributed by atoms with E-state index in [-0.39, 0.29) is 66.8 Å². The van der Waals surface area contributed by atoms with E-state index >= 15 is 0 Å². The van der Waals surface area contributed by atoms with Crippen LogP contribution in [0.15, 0.2) is 134 Å². The van der Waals surface area contributed by atoms with Crippen molar-refractivity contribution in [2.75, 3.05) is 36.3 Å². The number of carbonyl (C=O) groups excluding carboxylic acids is 3. The highest BCUT2D eigenvalue weighted by Gasteiger charge is 2.30. The van der Waals surface area contributed by atoms with Crippen LogP contribution in [0.25, 0.3) is 36.5 Å². The Bertz CT molecular complexity index is 3400. The Kier molecular flexibility index (Phi) is 15.4. The van der Waals surface area contributed by atoms with Crippen molar-refractivity contribution < 1.29 is 56.0 Å². The minimum absolute atomic E-state index is 0.0324. The second-order valence-corrected chi connectivity index (χ2v) is 18.1. The molecule has 0 saturated heterocycles. The standard InChI is InChI=1S/C21H15FN2O3.C20H18FNO3.C19H16FNO3/c22-16-11-14(4-5-15-7-9-19-20(12-15)27-13-26-19)6-8-17(16)24-21(25)18-3-1-2-10-23-18;21-16-10-13(6-8-17(16)22-20(23)15-2-1-3-15)4-5-14-7-9-18-19(11-14)25-12-24-18;20-15-9-12(3-7-16(15)21-19(22)14-5-6-14)1-2-13-4-8-17-18(10-13)24-11-23-17/h1-12H,13H2,(H,24,25);4-11,15H,1-3,12H2,(H,22,23);1-4,7-10,14H,5-6,11H2,(H,21,22)/b2*5-4+;2-1+. The monoisotopic (exact) mass is 1030 g/mol. The Labute approximate surface area is 435 Å². The van der Waals surface area contributed by atoms with Crippen molar-refractivity contribution in [2.45, 2.75) is 32.1 Å². The molecule has 6 aromatic carbocycles. The molecule has 2 saturated carbocycles. The molecule has 0 bridgehead atoms. The van der Waals surface area contributed by atoms with Crippen molar-refractivity contribution in [1.82, 2.24) is 4.98 Å². The number of benzene rings is 6. The van der Waals surface area contributed by atoms with Crippen molar-refractivity contribution in [3.05, 3.63) is 190 Å². The molecule has 4 heterocycles. The maximum atomic E-state index is 14.3. The van der Waals surface area contributed by atoms with Gasteiger partial charge in [0.2, 0.25) is 32.2 Å². The molecule has 2 fully saturated rings. The second-order valence-electron chi connectivity index (χ2n) is 18.1. The highest BCUT2D eigenvalue weighted by molar-refractivity contribution is 6.03. The Morgan fingerprint density at radius 2 is 0.776 bits per heavy atom. The van der Waals surface area contributed by atoms with Crippen LogP contribution in [-0.4, -0.2) is 43.1 Å². The molecule has 5 aliphatic rings. The lowest BCUT2D eigenvalue weighted by Gasteiger charge is -2.24. The van der Waals surface area contributed by atoms with E-state index in [9.17, 15) is 27.6 Å². The van der Waals surface area contributed by atoms with Gasteiger partial charge in [-0.05, 0) is 144 Å². The molecule has 0 unspecified atom stereocenters. The number of aromatic nitrogens is 1. The quantitative estimate of drug-likeness (QED) is 0.101. The third-order valence-electron chi connectivity index (χ3n) is 12.7. The maximum absolute atomic E-state index is 14.3. The van der Waals surface area contributed by atoms with Crippen molar-refractivity contribution in [3.63, 3.8) is 0 Å². The molecule has 2 aliphatic carbocycles. The first-order valence-electron chi connectivity index (χ1n) is 24.5. The summed E-state index contributed by atoms with van der Waals surface area (Å²) in [5.74, 6) is 2.34. The van der Waals surface area contributed by atoms with Crippen LogP contribution < -0.4 is 44.4 Å². The summed E-state index contributed by atoms with van der Waals surface area (Å²) in [6.07, 6.45) is 17.2. The lowest BCUT2D eigenvalue weighted by atomic mass is 9.85. The van der Waals surface area contributed by atoms with Gasteiger partial charge in [-0.2, -0.15) is 0 Å². The molecular formula is C60H49F3N4O9. The molecule has 3 aliphatic heterocycles. The smallest absolute Gasteiger partial charge is 0.274 e. The number of amides is 3. The number of ether oxygens (including phenoxy) is 6. The van der Waals surface area contributed by atoms with Gasteiger partial charge in [-0.1, -0.05) is 85.3 Å². The minimum Gasteiger partial charge on any atom is -0.454 e. The van der Waals surface area contributed by atoms with E-state index in [1.165, 1.54) is 30.5 Å². The Hall–Kier alpha value is -9.31. The summed E-state index contributed by atoms with van der Waals surface area (Å²) in [6, 6.07) is 36.0. The van der Waals surface area contributed by atoms with Gasteiger partial charge in [0.05, 0.1) is 17.1 Å². The summed E-state index contributed by atoms with van der Waals surface area (Å²) in [6.45, 7) is 0.697. The van der Waals surface area contributed by atoms with Crippen LogP contribution in [0.2, 0.25) is 0 Å². The predicted molar refractivity (Wildman–Crippen MR) is 283 cm³/mol. The summed E-state index contributed by atoms with van der Waals surface area (Å²) in [4.78, 5) is 39.6. The van der Waals surface area contributed by atoms with Gasteiger partial charge in [0, 0.05) is 18.0 Å². The van der Waals surface area contributed by atoms with E-state index in [4.69, 9.17) is 28.4 Å². The second kappa shape index (κ2) is 23.3. The number of halogens is 3. The average molecular weight is 1030 g/mol. The molecular weight excluding hydrogens is 978 g/mol. The van der Waals surface area contributed by atoms with Gasteiger partial charge in [0.25, 0.3) is 5.91 Å². The van der Waals surface area contributed by atoms with Crippen LogP contribution in [0.5, 0.6) is 34.5 Å². The zero-order chi connectivity index (χ0) is 52.4. The lowest BCUT2D eigenvalue weighted by Crippen LogP contribution is -2.28. The third kappa shape index (κ3) is 12.9. The van der Waals surface area contributed by atoms with E-state index in [1.54, 1.807) is 54.6 Å². The number of fused-ring (bicyclic) bond motifs is 3. The third-order valence-corrected chi connectivity index (χ3v) is 12.7. The van der Waals surface area contributed by atoms with Gasteiger partial charge in [0.15, 0.2) is 34.5 Å². The van der Waals surface area contributed by atoms with Gasteiger partial charge in [-0.25, -0.2) is 13.2 Å². The van der Waals surface area contributed by atoms with Crippen LogP contribution >= 0.6 is 0 Å². The molecule has 12 rings (SSSR count). The summed E-state index contributed by atoms with van der Waals surface area (Å²) in [5.41, 5.74) is 5.68. The zero-order valence-electron chi connectivity index (χ0n) is 40.7. The summed E-state index contributed by atoms with van der Waals surface area (Å²) >= 11 is 0. The molecule has 1 aromatic heterocycles. The number of pyridine rings is 1. The first-order valence-corrected chi connectivity index (χ1v) is 24.5. The van der Waals surface area contributed by atoms with E-state index in [1.807, 2.05) is 85.0 Å². The Morgan fingerprint density at radius 3 is 1.12 bits per heavy atom. The molecule has 76 heavy (non-hydrogen) atoms. The SMILES string of the molecule is O=C(Nc1ccc(/C=C/c2ccc3c(c2)OCO3)cc1F)C1CC1.O=C(Nc1ccc(/C=C/c2ccc3c(c2)OCO3)cc1F)C1CCC1.O=C(Nc1ccc(/C=C/c2ccc3c(c2)OCO3)cc1F)c1ccccn1. The van der Waals surface area contributed by atoms with Crippen LogP contribution in [0.1, 0.15) is 76.0 Å². The Morgan fingerprint density at radius 1 is 0.421 bits per heavy atom. The fraction of sp³-hybridized carbons (Fsp3) is 0.167.